The smallest absolute Gasteiger partial charge is 0.188 e. The number of pyridine rings is 2. The van der Waals surface area contributed by atoms with E-state index in [1.54, 1.807) is 0 Å². The lowest BCUT2D eigenvalue weighted by molar-refractivity contribution is 0.591. The predicted molar refractivity (Wildman–Crippen MR) is 615 cm³/mol. The van der Waals surface area contributed by atoms with Crippen LogP contribution in [0.1, 0.15) is 22.3 Å². The molecule has 28 rings (SSSR count). The highest BCUT2D eigenvalue weighted by Crippen LogP contribution is 2.60. The van der Waals surface area contributed by atoms with Crippen LogP contribution in [0.15, 0.2) is 528 Å². The summed E-state index contributed by atoms with van der Waals surface area (Å²) in [6, 6.07) is 183. The maximum atomic E-state index is 16.6. The van der Waals surface area contributed by atoms with E-state index in [4.69, 9.17) is 9.97 Å². The lowest BCUT2D eigenvalue weighted by atomic mass is 9.67. The van der Waals surface area contributed by atoms with Crippen molar-refractivity contribution in [3.05, 3.63) is 550 Å². The largest absolute Gasteiger partial charge is 0.309 e. The summed E-state index contributed by atoms with van der Waals surface area (Å²) in [6.07, 6.45) is 3.79. The van der Waals surface area contributed by atoms with E-state index in [-0.39, 0.29) is 0 Å². The molecule has 0 saturated heterocycles. The Morgan fingerprint density at radius 3 is 0.945 bits per heavy atom. The number of benzene rings is 25. The van der Waals surface area contributed by atoms with E-state index in [1.165, 1.54) is 37.9 Å². The summed E-state index contributed by atoms with van der Waals surface area (Å²) in [5.41, 5.74) is 17.0. The van der Waals surface area contributed by atoms with Crippen LogP contribution in [0.2, 0.25) is 0 Å². The second kappa shape index (κ2) is 33.9. The molecular weight excluding hydrogens is 1810 g/mol. The zero-order chi connectivity index (χ0) is 96.2. The van der Waals surface area contributed by atoms with Crippen LogP contribution in [0.5, 0.6) is 0 Å². The molecule has 0 atom stereocenters. The highest BCUT2D eigenvalue weighted by Gasteiger charge is 2.48. The Kier molecular flexibility index (Phi) is 20.0. The van der Waals surface area contributed by atoms with Gasteiger partial charge < -0.3 is 13.7 Å². The maximum absolute atomic E-state index is 16.6. The molecule has 1 aliphatic carbocycles. The summed E-state index contributed by atoms with van der Waals surface area (Å²) < 4.78 is 48.4. The topological polar surface area (TPSA) is 77.0 Å². The first kappa shape index (κ1) is 85.6. The van der Waals surface area contributed by atoms with Crippen molar-refractivity contribution in [1.29, 1.82) is 0 Å². The van der Waals surface area contributed by atoms with Gasteiger partial charge in [0.05, 0.1) is 11.1 Å². The molecule has 678 valence electrons. The van der Waals surface area contributed by atoms with Gasteiger partial charge in [0.2, 0.25) is 0 Å². The molecule has 0 N–H and O–H groups in total. The van der Waals surface area contributed by atoms with Gasteiger partial charge in [-0.25, -0.2) is 0 Å². The SMILES string of the molecule is O=P(c1ccccc1)(c1ccccc1)c1ccc(-c2c3ccc4cc(-c5ccc6c(ccc7c(-c8ccc(P(=O)(c9ccccc9)c9ccccc9)nc8)c8ccc9ccccc9c8cc76)c5)ccc4c3cc3c2ccc2cc(-c4cccc5c4ccc4c(-c6ccc7c(c6)C(c6ccccc6)(c6ccccc6)c6cc(P(=O)(c8ccccc8)c8ccccc8)ccc6-7)c6ccc7ccccc7c6cc45)ccc23)nc1. The Labute approximate surface area is 838 Å². The summed E-state index contributed by atoms with van der Waals surface area (Å²) in [5.74, 6) is 0. The molecule has 25 aromatic carbocycles. The monoisotopic (exact) mass is 1900 g/mol. The first-order valence-corrected chi connectivity index (χ1v) is 54.6. The number of fused-ring (bicyclic) bond motifs is 21. The Hall–Kier alpha value is -17.4. The lowest BCUT2D eigenvalue weighted by Crippen LogP contribution is -2.31. The van der Waals surface area contributed by atoms with Gasteiger partial charge in [-0.05, 0) is 268 Å². The van der Waals surface area contributed by atoms with Crippen LogP contribution < -0.4 is 47.9 Å². The number of hydrogen-bond donors (Lipinski definition) is 0. The molecule has 0 fully saturated rings. The normalized spacial score (nSPS) is 12.7. The molecule has 0 bridgehead atoms. The number of nitrogens with zero attached hydrogens (tertiary/aromatic N) is 2. The van der Waals surface area contributed by atoms with E-state index in [0.29, 0.717) is 10.7 Å². The van der Waals surface area contributed by atoms with Crippen molar-refractivity contribution in [3.63, 3.8) is 0 Å². The quantitative estimate of drug-likeness (QED) is 0.0547. The van der Waals surface area contributed by atoms with E-state index in [2.05, 4.69) is 322 Å². The molecule has 8 heteroatoms. The Bertz CT molecular complexity index is 10000. The predicted octanol–water partition coefficient (Wildman–Crippen LogP) is 31.9. The molecule has 145 heavy (non-hydrogen) atoms. The van der Waals surface area contributed by atoms with Gasteiger partial charge in [0.15, 0.2) is 21.4 Å². The fraction of sp³-hybridized carbons (Fsp3) is 0.00730. The molecule has 0 radical (unpaired) electrons. The molecule has 0 amide bonds. The van der Waals surface area contributed by atoms with Crippen LogP contribution in [-0.4, -0.2) is 9.97 Å². The van der Waals surface area contributed by atoms with Crippen molar-refractivity contribution in [1.82, 2.24) is 9.97 Å². The first-order chi connectivity index (χ1) is 71.5. The maximum Gasteiger partial charge on any atom is 0.188 e. The summed E-state index contributed by atoms with van der Waals surface area (Å²) in [4.78, 5) is 10.6. The van der Waals surface area contributed by atoms with E-state index >= 15 is 13.7 Å². The van der Waals surface area contributed by atoms with Crippen LogP contribution in [0.4, 0.5) is 0 Å². The average molecular weight is 1900 g/mol. The summed E-state index contributed by atoms with van der Waals surface area (Å²) in [7, 11) is -10.2. The fourth-order valence-electron chi connectivity index (χ4n) is 24.2. The third-order valence-corrected chi connectivity index (χ3v) is 40.0. The van der Waals surface area contributed by atoms with Gasteiger partial charge in [0.1, 0.15) is 5.44 Å². The number of aromatic nitrogens is 2. The van der Waals surface area contributed by atoms with Crippen molar-refractivity contribution < 1.29 is 13.7 Å². The average Bonchev–Trinajstić information content (AvgIpc) is 1.52. The fourth-order valence-corrected chi connectivity index (χ4v) is 32.0. The summed E-state index contributed by atoms with van der Waals surface area (Å²) in [6.45, 7) is 0. The van der Waals surface area contributed by atoms with Crippen LogP contribution in [0, 0.1) is 0 Å². The highest BCUT2D eigenvalue weighted by atomic mass is 31.2. The zero-order valence-corrected chi connectivity index (χ0v) is 81.4. The number of rotatable bonds is 16. The molecule has 2 aromatic heterocycles. The van der Waals surface area contributed by atoms with Crippen LogP contribution in [0.25, 0.3) is 196 Å². The van der Waals surface area contributed by atoms with Gasteiger partial charge in [-0.3, -0.25) is 9.97 Å². The molecule has 0 spiro atoms. The first-order valence-electron chi connectivity index (χ1n) is 49.5. The minimum Gasteiger partial charge on any atom is -0.309 e. The summed E-state index contributed by atoms with van der Waals surface area (Å²) >= 11 is 0. The number of hydrogen-bond acceptors (Lipinski definition) is 5. The van der Waals surface area contributed by atoms with Gasteiger partial charge in [0, 0.05) is 66.0 Å². The van der Waals surface area contributed by atoms with Gasteiger partial charge in [-0.15, -0.1) is 0 Å². The van der Waals surface area contributed by atoms with Gasteiger partial charge in [0.25, 0.3) is 0 Å². The summed E-state index contributed by atoms with van der Waals surface area (Å²) in [5, 5.41) is 33.3. The zero-order valence-electron chi connectivity index (χ0n) is 78.7. The van der Waals surface area contributed by atoms with E-state index in [1.807, 2.05) is 207 Å². The van der Waals surface area contributed by atoms with Crippen molar-refractivity contribution in [2.75, 3.05) is 0 Å². The van der Waals surface area contributed by atoms with Crippen molar-refractivity contribution in [2.24, 2.45) is 0 Å². The molecule has 2 heterocycles. The Morgan fingerprint density at radius 1 is 0.166 bits per heavy atom. The lowest BCUT2D eigenvalue weighted by Gasteiger charge is -2.34. The minimum atomic E-state index is -3.44. The van der Waals surface area contributed by atoms with Crippen LogP contribution >= 0.6 is 21.4 Å². The molecule has 0 aliphatic heterocycles. The molecular formula is C137H87N2O3P3. The van der Waals surface area contributed by atoms with Crippen molar-refractivity contribution in [2.45, 2.75) is 5.41 Å². The Morgan fingerprint density at radius 2 is 0.497 bits per heavy atom. The van der Waals surface area contributed by atoms with E-state index < -0.39 is 26.8 Å². The highest BCUT2D eigenvalue weighted by molar-refractivity contribution is 7.86. The second-order valence-electron chi connectivity index (χ2n) is 38.5. The Balaban J connectivity index is 0.588. The molecule has 0 unspecified atom stereocenters. The molecule has 0 saturated carbocycles. The van der Waals surface area contributed by atoms with Gasteiger partial charge in [-0.1, -0.05) is 449 Å². The van der Waals surface area contributed by atoms with Crippen LogP contribution in [0.3, 0.4) is 0 Å². The van der Waals surface area contributed by atoms with Crippen LogP contribution in [-0.2, 0) is 19.1 Å². The molecule has 5 nitrogen and oxygen atoms in total. The van der Waals surface area contributed by atoms with Crippen molar-refractivity contribution in [3.8, 4) is 66.9 Å². The van der Waals surface area contributed by atoms with Crippen molar-refractivity contribution >= 4 is 199 Å². The minimum absolute atomic E-state index is 0.543. The molecule has 27 aromatic rings. The standard InChI is InChI=1S/C137H87N2O3P3/c140-143(100-36-13-3-14-37-100,101-38-15-4-16-39-101)106-62-73-117-116-67-60-96(81-130(116)137(131(117)82-106,98-32-9-1-10-33-98)99-34-11-2-12-35-99)134-118-68-52-88-30-26-28-49-109(88)125(118)85-129-114-51-29-50-110(115(114)74-75-121(129)134)94-56-66-113-95(80-94)59-72-123-128(113)84-127-112-65-55-91(79-93(112)58-71-122(127)136(123)132-76-63-107(87-138-132)144(141,102-40-17-5-18-41-102)103-42-19-6-20-43-103)90-54-64-111-92(78-90)57-70-120-126(111)83-124-108-48-27-25-31-89(108)53-69-119(124)135(120)97-61-77-133(139-86-97)145(142,104-44-21-7-22-45-104)105-46-23-8-24-47-105/h1-87H. The molecule has 1 aliphatic rings. The van der Waals surface area contributed by atoms with E-state index in [0.717, 1.165) is 218 Å². The van der Waals surface area contributed by atoms with Gasteiger partial charge >= 0.3 is 0 Å². The van der Waals surface area contributed by atoms with Gasteiger partial charge in [-0.2, -0.15) is 0 Å². The second-order valence-corrected chi connectivity index (χ2v) is 46.7. The third-order valence-electron chi connectivity index (χ3n) is 31.0. The van der Waals surface area contributed by atoms with E-state index in [9.17, 15) is 0 Å². The third kappa shape index (κ3) is 13.4.